The van der Waals surface area contributed by atoms with Gasteiger partial charge in [-0.3, -0.25) is 4.99 Å². The Morgan fingerprint density at radius 1 is 1.24 bits per heavy atom. The predicted molar refractivity (Wildman–Crippen MR) is 98.2 cm³/mol. The summed E-state index contributed by atoms with van der Waals surface area (Å²) in [5.74, 6) is 0.910. The third-order valence-corrected chi connectivity index (χ3v) is 3.65. The third kappa shape index (κ3) is 10.6. The number of aliphatic imine (C=N–C) groups is 1. The molecule has 1 aromatic rings. The minimum Gasteiger partial charge on any atom is -0.357 e. The zero-order valence-electron chi connectivity index (χ0n) is 12.6. The molecule has 8 heteroatoms. The van der Waals surface area contributed by atoms with E-state index in [1.165, 1.54) is 6.26 Å². The van der Waals surface area contributed by atoms with Gasteiger partial charge >= 0.3 is 0 Å². The van der Waals surface area contributed by atoms with Crippen molar-refractivity contribution in [3.8, 4) is 0 Å². The molecule has 0 atom stereocenters. The average molecular weight is 428 g/mol. The minimum atomic E-state index is -2.89. The first-order valence-corrected chi connectivity index (χ1v) is 8.88. The molecule has 2 N–H and O–H groups in total. The van der Waals surface area contributed by atoms with E-state index in [4.69, 9.17) is 0 Å². The van der Waals surface area contributed by atoms with Crippen LogP contribution in [0.5, 0.6) is 0 Å². The highest BCUT2D eigenvalue weighted by atomic mass is 127. The smallest absolute Gasteiger partial charge is 0.191 e. The molecule has 0 bridgehead atoms. The summed E-state index contributed by atoms with van der Waals surface area (Å²) in [7, 11) is -2.89. The number of hydrogen-bond donors (Lipinski definition) is 2. The molecule has 0 aromatic carbocycles. The zero-order chi connectivity index (χ0) is 14.8. The number of rotatable bonds is 8. The van der Waals surface area contributed by atoms with Gasteiger partial charge in [0.25, 0.3) is 0 Å². The molecular formula is C13H25IN4O2S. The van der Waals surface area contributed by atoms with Gasteiger partial charge in [-0.25, -0.2) is 8.42 Å². The molecule has 6 nitrogen and oxygen atoms in total. The highest BCUT2D eigenvalue weighted by Gasteiger charge is 2.01. The maximum absolute atomic E-state index is 11.0. The van der Waals surface area contributed by atoms with Crippen molar-refractivity contribution in [2.24, 2.45) is 4.99 Å². The number of nitrogens with one attached hydrogen (secondary N) is 2. The van der Waals surface area contributed by atoms with Crippen LogP contribution in [0.2, 0.25) is 0 Å². The van der Waals surface area contributed by atoms with Crippen molar-refractivity contribution >= 4 is 39.8 Å². The Morgan fingerprint density at radius 2 is 1.90 bits per heavy atom. The summed E-state index contributed by atoms with van der Waals surface area (Å²) in [6.07, 6.45) is 5.82. The lowest BCUT2D eigenvalue weighted by atomic mass is 10.5. The Bertz CT molecular complexity index is 500. The molecule has 0 radical (unpaired) electrons. The van der Waals surface area contributed by atoms with Crippen LogP contribution in [0, 0.1) is 0 Å². The van der Waals surface area contributed by atoms with E-state index in [2.05, 4.69) is 20.2 Å². The molecular weight excluding hydrogens is 403 g/mol. The van der Waals surface area contributed by atoms with Crippen LogP contribution in [0.4, 0.5) is 0 Å². The Kier molecular flexibility index (Phi) is 10.5. The van der Waals surface area contributed by atoms with Crippen LogP contribution in [0.25, 0.3) is 0 Å². The van der Waals surface area contributed by atoms with Crippen LogP contribution in [-0.2, 0) is 16.4 Å². The monoisotopic (exact) mass is 428 g/mol. The normalized spacial score (nSPS) is 11.8. The second kappa shape index (κ2) is 10.9. The topological polar surface area (TPSA) is 75.5 Å². The van der Waals surface area contributed by atoms with Gasteiger partial charge in [0.15, 0.2) is 5.96 Å². The second-order valence-corrected chi connectivity index (χ2v) is 6.85. The molecule has 1 rings (SSSR count). The fraction of sp³-hybridized carbons (Fsp3) is 0.615. The number of hydrogen-bond acceptors (Lipinski definition) is 3. The highest BCUT2D eigenvalue weighted by molar-refractivity contribution is 14.0. The van der Waals surface area contributed by atoms with Gasteiger partial charge < -0.3 is 15.2 Å². The van der Waals surface area contributed by atoms with Gasteiger partial charge in [-0.1, -0.05) is 0 Å². The summed E-state index contributed by atoms with van der Waals surface area (Å²) in [5.41, 5.74) is 0. The first-order chi connectivity index (χ1) is 9.51. The van der Waals surface area contributed by atoms with Gasteiger partial charge in [0.05, 0.1) is 5.75 Å². The highest BCUT2D eigenvalue weighted by Crippen LogP contribution is 1.90. The van der Waals surface area contributed by atoms with Gasteiger partial charge in [-0.05, 0) is 25.5 Å². The summed E-state index contributed by atoms with van der Waals surface area (Å²) < 4.78 is 24.1. The Hall–Kier alpha value is -0.770. The summed E-state index contributed by atoms with van der Waals surface area (Å²) in [5, 5.41) is 6.37. The van der Waals surface area contributed by atoms with Crippen molar-refractivity contribution in [2.75, 3.05) is 31.6 Å². The first kappa shape index (κ1) is 20.2. The Morgan fingerprint density at radius 3 is 2.48 bits per heavy atom. The van der Waals surface area contributed by atoms with E-state index in [0.29, 0.717) is 13.0 Å². The van der Waals surface area contributed by atoms with E-state index in [1.807, 2.05) is 31.5 Å². The molecule has 0 aliphatic rings. The molecule has 1 aromatic heterocycles. The predicted octanol–water partition coefficient (Wildman–Crippen LogP) is 1.10. The lowest BCUT2D eigenvalue weighted by Gasteiger charge is -2.11. The van der Waals surface area contributed by atoms with Crippen molar-refractivity contribution in [1.29, 1.82) is 0 Å². The van der Waals surface area contributed by atoms with Gasteiger partial charge in [0, 0.05) is 44.8 Å². The minimum absolute atomic E-state index is 0. The molecule has 0 aliphatic heterocycles. The molecule has 21 heavy (non-hydrogen) atoms. The van der Waals surface area contributed by atoms with Gasteiger partial charge in [-0.15, -0.1) is 24.0 Å². The summed E-state index contributed by atoms with van der Waals surface area (Å²) in [4.78, 5) is 4.36. The number of nitrogens with zero attached hydrogens (tertiary/aromatic N) is 2. The molecule has 0 aliphatic carbocycles. The largest absolute Gasteiger partial charge is 0.357 e. The molecule has 1 heterocycles. The summed E-state index contributed by atoms with van der Waals surface area (Å²) in [6.45, 7) is 4.92. The summed E-state index contributed by atoms with van der Waals surface area (Å²) in [6, 6.07) is 3.98. The maximum Gasteiger partial charge on any atom is 0.191 e. The van der Waals surface area contributed by atoms with Crippen molar-refractivity contribution in [1.82, 2.24) is 15.2 Å². The Balaban J connectivity index is 0.00000400. The second-order valence-electron chi connectivity index (χ2n) is 4.59. The van der Waals surface area contributed by atoms with Crippen LogP contribution in [0.15, 0.2) is 29.5 Å². The zero-order valence-corrected chi connectivity index (χ0v) is 15.7. The number of sulfone groups is 1. The van der Waals surface area contributed by atoms with E-state index < -0.39 is 9.84 Å². The number of halogens is 1. The lowest BCUT2D eigenvalue weighted by Crippen LogP contribution is -2.39. The quantitative estimate of drug-likeness (QED) is 0.282. The lowest BCUT2D eigenvalue weighted by molar-refractivity contribution is 0.599. The fourth-order valence-electron chi connectivity index (χ4n) is 1.68. The molecule has 0 amide bonds. The van der Waals surface area contributed by atoms with Crippen LogP contribution < -0.4 is 10.6 Å². The van der Waals surface area contributed by atoms with Crippen LogP contribution >= 0.6 is 24.0 Å². The molecule has 0 saturated carbocycles. The molecule has 122 valence electrons. The maximum atomic E-state index is 11.0. The van der Waals surface area contributed by atoms with E-state index in [-0.39, 0.29) is 29.7 Å². The van der Waals surface area contributed by atoms with Crippen molar-refractivity contribution in [3.05, 3.63) is 24.5 Å². The molecule has 0 saturated heterocycles. The number of aromatic nitrogens is 1. The van der Waals surface area contributed by atoms with Crippen LogP contribution in [-0.4, -0.2) is 50.6 Å². The van der Waals surface area contributed by atoms with E-state index in [9.17, 15) is 8.42 Å². The third-order valence-electron chi connectivity index (χ3n) is 2.62. The molecule has 0 fully saturated rings. The standard InChI is InChI=1S/C13H24N4O2S.HI/c1-3-14-13(15-7-6-12-20(2,18)19)16-8-11-17-9-4-5-10-17;/h4-5,9-10H,3,6-8,11-12H2,1-2H3,(H2,14,15,16);1H. The van der Waals surface area contributed by atoms with Gasteiger partial charge in [-0.2, -0.15) is 0 Å². The first-order valence-electron chi connectivity index (χ1n) is 6.82. The van der Waals surface area contributed by atoms with Crippen molar-refractivity contribution < 1.29 is 8.42 Å². The van der Waals surface area contributed by atoms with E-state index in [1.54, 1.807) is 0 Å². The molecule has 0 spiro atoms. The Labute approximate surface area is 144 Å². The fourth-order valence-corrected chi connectivity index (χ4v) is 2.34. The summed E-state index contributed by atoms with van der Waals surface area (Å²) >= 11 is 0. The van der Waals surface area contributed by atoms with Crippen molar-refractivity contribution in [2.45, 2.75) is 19.9 Å². The molecule has 0 unspecified atom stereocenters. The SMILES string of the molecule is CCNC(=NCCCS(C)(=O)=O)NCCn1cccc1.I. The van der Waals surface area contributed by atoms with Crippen molar-refractivity contribution in [3.63, 3.8) is 0 Å². The van der Waals surface area contributed by atoms with Crippen LogP contribution in [0.3, 0.4) is 0 Å². The average Bonchev–Trinajstić information content (AvgIpc) is 2.86. The van der Waals surface area contributed by atoms with E-state index >= 15 is 0 Å². The van der Waals surface area contributed by atoms with Crippen LogP contribution in [0.1, 0.15) is 13.3 Å². The van der Waals surface area contributed by atoms with Gasteiger partial charge in [0.1, 0.15) is 9.84 Å². The van der Waals surface area contributed by atoms with E-state index in [0.717, 1.165) is 25.6 Å². The van der Waals surface area contributed by atoms with Gasteiger partial charge in [0.2, 0.25) is 0 Å². The number of guanidine groups is 1.